The molecule has 1 fully saturated rings. The largest absolute Gasteiger partial charge is 0.390 e. The Bertz CT molecular complexity index is 1220. The second-order valence-corrected chi connectivity index (χ2v) is 9.61. The number of aryl methyl sites for hydroxylation is 1. The summed E-state index contributed by atoms with van der Waals surface area (Å²) in [7, 11) is -2.59. The van der Waals surface area contributed by atoms with Crippen LogP contribution >= 0.6 is 0 Å². The quantitative estimate of drug-likeness (QED) is 0.458. The molecule has 165 valence electrons. The van der Waals surface area contributed by atoms with Gasteiger partial charge in [-0.05, 0) is 42.9 Å². The van der Waals surface area contributed by atoms with Crippen molar-refractivity contribution in [3.8, 4) is 0 Å². The standard InChI is InChI=1S/C21H25N5O4S.K/c1-22-31(28,29)30-19-11-14(10-18(19)27)26-9-8-16-20(23-12-24-21(16)26)25-17-7-6-13-4-2-3-5-15(13)17;/h2-5,8-9,12,14,17-19,22,27H,6-7,10-11H2,1H3,(H,23,24,25);/t14-,17+,18+,19+;/m1./s1. The maximum Gasteiger partial charge on any atom is 0.335 e. The Hall–Kier alpha value is -0.894. The Morgan fingerprint density at radius 1 is 1.19 bits per heavy atom. The van der Waals surface area contributed by atoms with Gasteiger partial charge in [-0.2, -0.15) is 13.1 Å². The van der Waals surface area contributed by atoms with Gasteiger partial charge in [0.1, 0.15) is 23.9 Å². The maximum atomic E-state index is 11.7. The van der Waals surface area contributed by atoms with Crippen LogP contribution in [0.5, 0.6) is 0 Å². The average Bonchev–Trinajstić information content (AvgIpc) is 3.46. The van der Waals surface area contributed by atoms with Gasteiger partial charge in [0, 0.05) is 70.7 Å². The summed E-state index contributed by atoms with van der Waals surface area (Å²) in [5.41, 5.74) is 3.42. The third-order valence-electron chi connectivity index (χ3n) is 6.29. The van der Waals surface area contributed by atoms with Gasteiger partial charge in [0.15, 0.2) is 0 Å². The maximum absolute atomic E-state index is 11.7. The molecule has 0 aliphatic heterocycles. The summed E-state index contributed by atoms with van der Waals surface area (Å²) < 4.78 is 32.6. The first-order chi connectivity index (χ1) is 14.9. The van der Waals surface area contributed by atoms with Gasteiger partial charge in [0.25, 0.3) is 0 Å². The van der Waals surface area contributed by atoms with Crippen molar-refractivity contribution in [2.45, 2.75) is 50.0 Å². The molecule has 0 saturated heterocycles. The second-order valence-electron chi connectivity index (χ2n) is 8.10. The van der Waals surface area contributed by atoms with Crippen LogP contribution in [0.1, 0.15) is 42.5 Å². The SMILES string of the molecule is CNS(=O)(=O)O[C@H]1C[C@H](n2ccc3c(N[C@H]4CCc5ccccc54)ncnc32)C[C@@H]1O.[K]. The normalized spacial score (nSPS) is 24.9. The first kappa shape index (κ1) is 24.2. The number of aromatic nitrogens is 3. The number of aliphatic hydroxyl groups is 1. The molecule has 32 heavy (non-hydrogen) atoms. The molecule has 3 N–H and O–H groups in total. The molecule has 11 heteroatoms. The molecule has 0 spiro atoms. The topological polar surface area (TPSA) is 118 Å². The number of hydrogen-bond acceptors (Lipinski definition) is 7. The zero-order valence-electron chi connectivity index (χ0n) is 18.1. The molecule has 2 heterocycles. The molecular weight excluding hydrogens is 457 g/mol. The summed E-state index contributed by atoms with van der Waals surface area (Å²) in [6.45, 7) is 0. The average molecular weight is 483 g/mol. The Kier molecular flexibility index (Phi) is 7.40. The van der Waals surface area contributed by atoms with Gasteiger partial charge in [-0.3, -0.25) is 4.18 Å². The number of anilines is 1. The minimum Gasteiger partial charge on any atom is -0.390 e. The van der Waals surface area contributed by atoms with E-state index in [4.69, 9.17) is 4.18 Å². The second kappa shape index (κ2) is 9.77. The number of nitrogens with one attached hydrogen (secondary N) is 2. The van der Waals surface area contributed by atoms with Crippen molar-refractivity contribution in [3.63, 3.8) is 0 Å². The zero-order chi connectivity index (χ0) is 21.6. The van der Waals surface area contributed by atoms with Crippen molar-refractivity contribution in [1.82, 2.24) is 19.3 Å². The van der Waals surface area contributed by atoms with Crippen LogP contribution in [0.25, 0.3) is 11.0 Å². The van der Waals surface area contributed by atoms with Crippen molar-refractivity contribution < 1.29 is 17.7 Å². The van der Waals surface area contributed by atoms with Gasteiger partial charge in [-0.15, -0.1) is 0 Å². The van der Waals surface area contributed by atoms with E-state index in [1.54, 1.807) is 0 Å². The van der Waals surface area contributed by atoms with Gasteiger partial charge in [-0.25, -0.2) is 9.97 Å². The molecule has 2 aliphatic rings. The first-order valence-electron chi connectivity index (χ1n) is 10.4. The van der Waals surface area contributed by atoms with Crippen molar-refractivity contribution in [1.29, 1.82) is 0 Å². The monoisotopic (exact) mass is 482 g/mol. The molecule has 3 aromatic rings. The fourth-order valence-corrected chi connectivity index (χ4v) is 5.37. The van der Waals surface area contributed by atoms with Crippen molar-refractivity contribution in [2.75, 3.05) is 12.4 Å². The van der Waals surface area contributed by atoms with Gasteiger partial charge in [0.2, 0.25) is 0 Å². The Balaban J connectivity index is 0.00000245. The Morgan fingerprint density at radius 2 is 2.00 bits per heavy atom. The summed E-state index contributed by atoms with van der Waals surface area (Å²) in [4.78, 5) is 8.94. The van der Waals surface area contributed by atoms with Crippen LogP contribution in [0.15, 0.2) is 42.9 Å². The van der Waals surface area contributed by atoms with E-state index < -0.39 is 22.5 Å². The minimum absolute atomic E-state index is 0. The Labute approximate surface area is 229 Å². The summed E-state index contributed by atoms with van der Waals surface area (Å²) in [5.74, 6) is 0.773. The first-order valence-corrected chi connectivity index (χ1v) is 11.8. The molecule has 1 saturated carbocycles. The number of benzene rings is 1. The summed E-state index contributed by atoms with van der Waals surface area (Å²) in [6.07, 6.45) is 4.59. The van der Waals surface area contributed by atoms with Gasteiger partial charge in [0.05, 0.1) is 17.5 Å². The van der Waals surface area contributed by atoms with E-state index in [0.717, 1.165) is 29.7 Å². The van der Waals surface area contributed by atoms with Crippen molar-refractivity contribution in [3.05, 3.63) is 54.0 Å². The van der Waals surface area contributed by atoms with Crippen LogP contribution in [0.4, 0.5) is 5.82 Å². The van der Waals surface area contributed by atoms with Crippen molar-refractivity contribution >= 4 is 78.5 Å². The summed E-state index contributed by atoms with van der Waals surface area (Å²) in [6, 6.07) is 10.5. The van der Waals surface area contributed by atoms with E-state index in [1.165, 1.54) is 24.5 Å². The molecule has 4 atom stereocenters. The van der Waals surface area contributed by atoms with E-state index >= 15 is 0 Å². The molecule has 0 unspecified atom stereocenters. The molecule has 0 amide bonds. The number of hydrogen-bond donors (Lipinski definition) is 3. The number of fused-ring (bicyclic) bond motifs is 2. The van der Waals surface area contributed by atoms with Crippen molar-refractivity contribution in [2.24, 2.45) is 0 Å². The molecule has 2 aliphatic carbocycles. The van der Waals surface area contributed by atoms with Gasteiger partial charge < -0.3 is 15.0 Å². The fraction of sp³-hybridized carbons (Fsp3) is 0.429. The molecule has 1 aromatic carbocycles. The van der Waals surface area contributed by atoms with Crippen LogP contribution in [-0.4, -0.2) is 98.7 Å². The predicted molar refractivity (Wildman–Crippen MR) is 122 cm³/mol. The minimum atomic E-state index is -3.87. The summed E-state index contributed by atoms with van der Waals surface area (Å²) in [5, 5.41) is 14.8. The Morgan fingerprint density at radius 3 is 2.81 bits per heavy atom. The smallest absolute Gasteiger partial charge is 0.335 e. The third kappa shape index (κ3) is 4.68. The van der Waals surface area contributed by atoms with Crippen LogP contribution in [0.3, 0.4) is 0 Å². The van der Waals surface area contributed by atoms with E-state index in [1.807, 2.05) is 16.8 Å². The van der Waals surface area contributed by atoms with E-state index in [9.17, 15) is 13.5 Å². The number of rotatable bonds is 6. The van der Waals surface area contributed by atoms with Crippen LogP contribution in [0, 0.1) is 0 Å². The molecular formula is C21H25KN5O4S. The van der Waals surface area contributed by atoms with E-state index in [0.29, 0.717) is 12.8 Å². The molecule has 0 bridgehead atoms. The van der Waals surface area contributed by atoms with E-state index in [-0.39, 0.29) is 63.5 Å². The molecule has 2 aromatic heterocycles. The third-order valence-corrected chi connectivity index (χ3v) is 7.29. The number of aliphatic hydroxyl groups excluding tert-OH is 1. The zero-order valence-corrected chi connectivity index (χ0v) is 22.0. The van der Waals surface area contributed by atoms with Crippen LogP contribution in [-0.2, 0) is 20.9 Å². The van der Waals surface area contributed by atoms with Crippen LogP contribution in [0.2, 0.25) is 0 Å². The number of nitrogens with zero attached hydrogens (tertiary/aromatic N) is 3. The predicted octanol–water partition coefficient (Wildman–Crippen LogP) is 1.70. The van der Waals surface area contributed by atoms with E-state index in [2.05, 4.69) is 44.3 Å². The summed E-state index contributed by atoms with van der Waals surface area (Å²) >= 11 is 0. The molecule has 5 rings (SSSR count). The molecule has 1 radical (unpaired) electrons. The van der Waals surface area contributed by atoms with Gasteiger partial charge >= 0.3 is 10.3 Å². The molecule has 9 nitrogen and oxygen atoms in total. The van der Waals surface area contributed by atoms with Gasteiger partial charge in [-0.1, -0.05) is 24.3 Å². The fourth-order valence-electron chi connectivity index (χ4n) is 4.75. The van der Waals surface area contributed by atoms with Crippen LogP contribution < -0.4 is 10.0 Å².